The summed E-state index contributed by atoms with van der Waals surface area (Å²) in [4.78, 5) is 4.15. The third-order valence-corrected chi connectivity index (χ3v) is 1.83. The third-order valence-electron chi connectivity index (χ3n) is 1.83. The summed E-state index contributed by atoms with van der Waals surface area (Å²) < 4.78 is 5.39. The molecule has 2 heteroatoms. The van der Waals surface area contributed by atoms with Gasteiger partial charge in [0.25, 0.3) is 0 Å². The first-order valence-corrected chi connectivity index (χ1v) is 4.30. The predicted octanol–water partition coefficient (Wildman–Crippen LogP) is 2.43. The molecule has 0 aliphatic rings. The molecule has 13 heavy (non-hydrogen) atoms. The average molecular weight is 172 g/mol. The average Bonchev–Trinajstić information content (AvgIpc) is 2.19. The lowest BCUT2D eigenvalue weighted by Crippen LogP contribution is -1.94. The SMILES string of the molecule is CCOc1nccc2[c]cccc12. The minimum Gasteiger partial charge on any atom is -0.478 e. The van der Waals surface area contributed by atoms with Gasteiger partial charge < -0.3 is 4.74 Å². The first kappa shape index (κ1) is 8.05. The van der Waals surface area contributed by atoms with Gasteiger partial charge in [-0.2, -0.15) is 0 Å². The molecule has 0 aliphatic heterocycles. The highest BCUT2D eigenvalue weighted by Gasteiger charge is 2.00. The van der Waals surface area contributed by atoms with E-state index >= 15 is 0 Å². The second-order valence-corrected chi connectivity index (χ2v) is 2.68. The highest BCUT2D eigenvalue weighted by molar-refractivity contribution is 5.85. The van der Waals surface area contributed by atoms with Crippen molar-refractivity contribution in [1.82, 2.24) is 4.98 Å². The van der Waals surface area contributed by atoms with Crippen molar-refractivity contribution in [2.45, 2.75) is 6.92 Å². The second kappa shape index (κ2) is 3.44. The fourth-order valence-electron chi connectivity index (χ4n) is 1.27. The molecule has 0 unspecified atom stereocenters. The minimum absolute atomic E-state index is 0.640. The highest BCUT2D eigenvalue weighted by Crippen LogP contribution is 2.21. The molecule has 0 aliphatic carbocycles. The van der Waals surface area contributed by atoms with E-state index in [9.17, 15) is 0 Å². The van der Waals surface area contributed by atoms with Crippen LogP contribution in [0.2, 0.25) is 0 Å². The van der Waals surface area contributed by atoms with E-state index in [1.807, 2.05) is 31.2 Å². The molecule has 2 rings (SSSR count). The molecule has 0 amide bonds. The quantitative estimate of drug-likeness (QED) is 0.694. The fourth-order valence-corrected chi connectivity index (χ4v) is 1.27. The number of benzene rings is 1. The summed E-state index contributed by atoms with van der Waals surface area (Å²) in [6, 6.07) is 10.9. The van der Waals surface area contributed by atoms with Crippen LogP contribution < -0.4 is 4.74 Å². The summed E-state index contributed by atoms with van der Waals surface area (Å²) in [7, 11) is 0. The molecule has 0 bridgehead atoms. The maximum Gasteiger partial charge on any atom is 0.221 e. The molecule has 1 heterocycles. The Kier molecular flexibility index (Phi) is 2.13. The number of nitrogens with zero attached hydrogens (tertiary/aromatic N) is 1. The summed E-state index contributed by atoms with van der Waals surface area (Å²) >= 11 is 0. The monoisotopic (exact) mass is 172 g/mol. The standard InChI is InChI=1S/C11H10NO/c1-2-13-11-10-6-4-3-5-9(10)7-8-12-11/h3-4,6-8H,2H2,1H3. The van der Waals surface area contributed by atoms with Gasteiger partial charge in [0.15, 0.2) is 0 Å². The second-order valence-electron chi connectivity index (χ2n) is 2.68. The van der Waals surface area contributed by atoms with Crippen LogP contribution in [0.1, 0.15) is 6.92 Å². The van der Waals surface area contributed by atoms with Crippen molar-refractivity contribution < 1.29 is 4.74 Å². The molecule has 0 atom stereocenters. The number of pyridine rings is 1. The molecular formula is C11H10NO. The van der Waals surface area contributed by atoms with E-state index in [4.69, 9.17) is 4.74 Å². The molecule has 2 nitrogen and oxygen atoms in total. The van der Waals surface area contributed by atoms with Gasteiger partial charge in [-0.1, -0.05) is 12.1 Å². The van der Waals surface area contributed by atoms with Crippen LogP contribution in [0.3, 0.4) is 0 Å². The van der Waals surface area contributed by atoms with Crippen LogP contribution in [-0.4, -0.2) is 11.6 Å². The lowest BCUT2D eigenvalue weighted by Gasteiger charge is -2.04. The molecular weight excluding hydrogens is 162 g/mol. The van der Waals surface area contributed by atoms with Crippen LogP contribution in [0.15, 0.2) is 30.5 Å². The lowest BCUT2D eigenvalue weighted by atomic mass is 10.2. The zero-order chi connectivity index (χ0) is 9.10. The van der Waals surface area contributed by atoms with E-state index in [0.717, 1.165) is 10.8 Å². The topological polar surface area (TPSA) is 22.1 Å². The molecule has 0 fully saturated rings. The Bertz CT molecular complexity index is 406. The van der Waals surface area contributed by atoms with Gasteiger partial charge in [0.05, 0.1) is 6.61 Å². The van der Waals surface area contributed by atoms with Gasteiger partial charge in [0.2, 0.25) is 5.88 Å². The van der Waals surface area contributed by atoms with Gasteiger partial charge in [-0.15, -0.1) is 0 Å². The first-order valence-electron chi connectivity index (χ1n) is 4.30. The molecule has 0 saturated heterocycles. The Morgan fingerprint density at radius 1 is 1.46 bits per heavy atom. The third kappa shape index (κ3) is 1.47. The summed E-state index contributed by atoms with van der Waals surface area (Å²) in [6.07, 6.45) is 1.74. The Labute approximate surface area is 77.2 Å². The van der Waals surface area contributed by atoms with E-state index in [2.05, 4.69) is 11.1 Å². The predicted molar refractivity (Wildman–Crippen MR) is 51.7 cm³/mol. The summed E-state index contributed by atoms with van der Waals surface area (Å²) in [5.41, 5.74) is 0. The number of aromatic nitrogens is 1. The van der Waals surface area contributed by atoms with Gasteiger partial charge >= 0.3 is 0 Å². The normalized spacial score (nSPS) is 10.2. The van der Waals surface area contributed by atoms with Crippen LogP contribution in [0.5, 0.6) is 5.88 Å². The Hall–Kier alpha value is -1.57. The molecule has 1 radical (unpaired) electrons. The first-order chi connectivity index (χ1) is 6.42. The lowest BCUT2D eigenvalue weighted by molar-refractivity contribution is 0.331. The number of rotatable bonds is 2. The van der Waals surface area contributed by atoms with E-state index in [1.165, 1.54) is 0 Å². The van der Waals surface area contributed by atoms with Crippen LogP contribution >= 0.6 is 0 Å². The molecule has 1 aromatic carbocycles. The van der Waals surface area contributed by atoms with Crippen molar-refractivity contribution in [2.24, 2.45) is 0 Å². The molecule has 65 valence electrons. The van der Waals surface area contributed by atoms with Gasteiger partial charge in [-0.05, 0) is 30.5 Å². The Morgan fingerprint density at radius 3 is 3.23 bits per heavy atom. The van der Waals surface area contributed by atoms with Gasteiger partial charge in [-0.3, -0.25) is 0 Å². The van der Waals surface area contributed by atoms with Gasteiger partial charge in [-0.25, -0.2) is 4.98 Å². The van der Waals surface area contributed by atoms with Crippen molar-refractivity contribution in [3.05, 3.63) is 36.5 Å². The van der Waals surface area contributed by atoms with E-state index in [0.29, 0.717) is 12.5 Å². The Balaban J connectivity index is 2.61. The van der Waals surface area contributed by atoms with Crippen molar-refractivity contribution in [2.75, 3.05) is 6.61 Å². The molecule has 2 aromatic rings. The number of hydrogen-bond donors (Lipinski definition) is 0. The van der Waals surface area contributed by atoms with E-state index in [1.54, 1.807) is 6.20 Å². The molecule has 0 spiro atoms. The van der Waals surface area contributed by atoms with Crippen molar-refractivity contribution in [3.8, 4) is 5.88 Å². The maximum atomic E-state index is 5.39. The molecule has 1 aromatic heterocycles. The summed E-state index contributed by atoms with van der Waals surface area (Å²) in [6.45, 7) is 2.59. The summed E-state index contributed by atoms with van der Waals surface area (Å²) in [5.74, 6) is 0.692. The Morgan fingerprint density at radius 2 is 2.38 bits per heavy atom. The smallest absolute Gasteiger partial charge is 0.221 e. The van der Waals surface area contributed by atoms with Crippen LogP contribution in [-0.2, 0) is 0 Å². The van der Waals surface area contributed by atoms with E-state index < -0.39 is 0 Å². The summed E-state index contributed by atoms with van der Waals surface area (Å²) in [5, 5.41) is 2.06. The minimum atomic E-state index is 0.640. The molecule has 0 N–H and O–H groups in total. The zero-order valence-corrected chi connectivity index (χ0v) is 7.45. The fraction of sp³-hybridized carbons (Fsp3) is 0.182. The van der Waals surface area contributed by atoms with Crippen LogP contribution in [0, 0.1) is 6.07 Å². The zero-order valence-electron chi connectivity index (χ0n) is 7.45. The van der Waals surface area contributed by atoms with Gasteiger partial charge in [0, 0.05) is 11.6 Å². The highest BCUT2D eigenvalue weighted by atomic mass is 16.5. The van der Waals surface area contributed by atoms with Crippen LogP contribution in [0.25, 0.3) is 10.8 Å². The van der Waals surface area contributed by atoms with Crippen molar-refractivity contribution >= 4 is 10.8 Å². The van der Waals surface area contributed by atoms with Gasteiger partial charge in [0.1, 0.15) is 0 Å². The number of ether oxygens (including phenoxy) is 1. The van der Waals surface area contributed by atoms with Crippen LogP contribution in [0.4, 0.5) is 0 Å². The number of hydrogen-bond acceptors (Lipinski definition) is 2. The number of fused-ring (bicyclic) bond motifs is 1. The van der Waals surface area contributed by atoms with Crippen molar-refractivity contribution in [3.63, 3.8) is 0 Å². The largest absolute Gasteiger partial charge is 0.478 e. The molecule has 0 saturated carbocycles. The maximum absolute atomic E-state index is 5.39. The van der Waals surface area contributed by atoms with Crippen molar-refractivity contribution in [1.29, 1.82) is 0 Å². The van der Waals surface area contributed by atoms with E-state index in [-0.39, 0.29) is 0 Å².